The number of aromatic nitrogens is 5. The van der Waals surface area contributed by atoms with Gasteiger partial charge >= 0.3 is 5.97 Å². The van der Waals surface area contributed by atoms with Gasteiger partial charge in [-0.3, -0.25) is 9.48 Å². The van der Waals surface area contributed by atoms with E-state index < -0.39 is 5.97 Å². The van der Waals surface area contributed by atoms with Crippen LogP contribution in [0, 0.1) is 6.92 Å². The first-order valence-electron chi connectivity index (χ1n) is 11.9. The number of amides is 1. The van der Waals surface area contributed by atoms with Crippen LogP contribution in [0.3, 0.4) is 0 Å². The highest BCUT2D eigenvalue weighted by Crippen LogP contribution is 2.39. The zero-order valence-electron chi connectivity index (χ0n) is 20.1. The van der Waals surface area contributed by atoms with Crippen molar-refractivity contribution in [2.45, 2.75) is 44.9 Å². The van der Waals surface area contributed by atoms with E-state index in [9.17, 15) is 14.7 Å². The van der Waals surface area contributed by atoms with Gasteiger partial charge in [0.05, 0.1) is 0 Å². The topological polar surface area (TPSA) is 148 Å². The maximum absolute atomic E-state index is 12.8. The molecule has 1 aromatic carbocycles. The van der Waals surface area contributed by atoms with Crippen LogP contribution < -0.4 is 10.6 Å². The van der Waals surface area contributed by atoms with E-state index >= 15 is 0 Å². The number of rotatable bonds is 8. The van der Waals surface area contributed by atoms with Crippen LogP contribution in [-0.4, -0.2) is 48.4 Å². The predicted octanol–water partition coefficient (Wildman–Crippen LogP) is 4.12. The number of hydrogen-bond donors (Lipinski definition) is 3. The fourth-order valence-electron chi connectivity index (χ4n) is 4.84. The third-order valence-corrected chi connectivity index (χ3v) is 6.50. The molecule has 1 aliphatic rings. The van der Waals surface area contributed by atoms with Gasteiger partial charge in [-0.1, -0.05) is 30.1 Å². The molecule has 0 radical (unpaired) electrons. The number of aromatic carboxylic acids is 1. The molecule has 0 aliphatic heterocycles. The molecule has 1 amide bonds. The second-order valence-corrected chi connectivity index (χ2v) is 8.98. The number of carboxylic acid groups (broad SMARTS) is 1. The molecule has 5 rings (SSSR count). The predicted molar refractivity (Wildman–Crippen MR) is 133 cm³/mol. The van der Waals surface area contributed by atoms with Crippen molar-refractivity contribution in [2.75, 3.05) is 17.2 Å². The van der Waals surface area contributed by atoms with Gasteiger partial charge in [-0.15, -0.1) is 0 Å². The van der Waals surface area contributed by atoms with Crippen LogP contribution in [0.25, 0.3) is 22.2 Å². The summed E-state index contributed by atoms with van der Waals surface area (Å²) in [5, 5.41) is 25.9. The molecule has 0 saturated heterocycles. The summed E-state index contributed by atoms with van der Waals surface area (Å²) in [6.45, 7) is 2.07. The molecule has 1 fully saturated rings. The van der Waals surface area contributed by atoms with Crippen molar-refractivity contribution in [3.63, 3.8) is 0 Å². The van der Waals surface area contributed by atoms with Crippen molar-refractivity contribution in [2.24, 2.45) is 7.05 Å². The normalized spacial score (nSPS) is 13.8. The van der Waals surface area contributed by atoms with Gasteiger partial charge in [0.15, 0.2) is 11.5 Å². The number of hydrogen-bond acceptors (Lipinski definition) is 8. The molecule has 3 N–H and O–H groups in total. The minimum absolute atomic E-state index is 0.0929. The highest BCUT2D eigenvalue weighted by atomic mass is 16.5. The van der Waals surface area contributed by atoms with Crippen LogP contribution in [0.4, 0.5) is 11.6 Å². The van der Waals surface area contributed by atoms with Gasteiger partial charge in [-0.05, 0) is 36.3 Å². The minimum Gasteiger partial charge on any atom is -0.477 e. The number of anilines is 2. The van der Waals surface area contributed by atoms with E-state index in [1.165, 1.54) is 4.68 Å². The average Bonchev–Trinajstić information content (AvgIpc) is 3.59. The SMILES string of the molecule is Cc1nc(-c2ccc3ccnc(NCCC(=O)Nc4nn(C)c(C(=O)O)c4C4CCCC4)c3c2)no1. The second kappa shape index (κ2) is 9.76. The fourth-order valence-corrected chi connectivity index (χ4v) is 4.84. The standard InChI is InChI=1S/C25H27N7O4/c1-14-28-22(31-36-14)17-8-7-15-9-11-26-23(18(15)13-17)27-12-10-19(33)29-24-20(16-5-3-4-6-16)21(25(34)35)32(2)30-24/h7-9,11,13,16H,3-6,10,12H2,1-2H3,(H,26,27)(H,34,35)(H,29,30,33). The van der Waals surface area contributed by atoms with Gasteiger partial charge in [0.25, 0.3) is 0 Å². The van der Waals surface area contributed by atoms with Crippen LogP contribution in [0.1, 0.15) is 60.0 Å². The summed E-state index contributed by atoms with van der Waals surface area (Å²) in [7, 11) is 1.59. The number of aryl methyl sites for hydroxylation is 2. The lowest BCUT2D eigenvalue weighted by Gasteiger charge is -2.12. The summed E-state index contributed by atoms with van der Waals surface area (Å²) in [5.74, 6) is 0.773. The molecule has 1 saturated carbocycles. The Morgan fingerprint density at radius 3 is 2.72 bits per heavy atom. The molecular weight excluding hydrogens is 462 g/mol. The summed E-state index contributed by atoms with van der Waals surface area (Å²) in [4.78, 5) is 33.3. The van der Waals surface area contributed by atoms with Gasteiger partial charge in [0, 0.05) is 49.6 Å². The van der Waals surface area contributed by atoms with Crippen LogP contribution in [-0.2, 0) is 11.8 Å². The number of nitrogens with one attached hydrogen (secondary N) is 2. The lowest BCUT2D eigenvalue weighted by molar-refractivity contribution is -0.116. The number of carbonyl (C=O) groups excluding carboxylic acids is 1. The maximum atomic E-state index is 12.8. The van der Waals surface area contributed by atoms with Crippen LogP contribution in [0.15, 0.2) is 35.0 Å². The monoisotopic (exact) mass is 489 g/mol. The molecule has 1 aliphatic carbocycles. The van der Waals surface area contributed by atoms with Gasteiger partial charge in [0.2, 0.25) is 17.6 Å². The maximum Gasteiger partial charge on any atom is 0.354 e. The third-order valence-electron chi connectivity index (χ3n) is 6.50. The molecule has 36 heavy (non-hydrogen) atoms. The van der Waals surface area contributed by atoms with Crippen molar-refractivity contribution in [1.82, 2.24) is 24.9 Å². The van der Waals surface area contributed by atoms with Crippen LogP contribution in [0.2, 0.25) is 0 Å². The quantitative estimate of drug-likeness (QED) is 0.332. The first-order chi connectivity index (χ1) is 17.4. The zero-order valence-corrected chi connectivity index (χ0v) is 20.1. The van der Waals surface area contributed by atoms with Gasteiger partial charge in [0.1, 0.15) is 5.82 Å². The summed E-state index contributed by atoms with van der Waals surface area (Å²) in [6.07, 6.45) is 5.75. The van der Waals surface area contributed by atoms with E-state index in [1.54, 1.807) is 20.2 Å². The highest BCUT2D eigenvalue weighted by molar-refractivity contribution is 5.96. The Hall–Kier alpha value is -4.28. The van der Waals surface area contributed by atoms with Crippen molar-refractivity contribution in [3.8, 4) is 11.4 Å². The molecule has 4 aromatic rings. The third kappa shape index (κ3) is 4.64. The fraction of sp³-hybridized carbons (Fsp3) is 0.360. The van der Waals surface area contributed by atoms with Crippen molar-refractivity contribution >= 4 is 34.3 Å². The second-order valence-electron chi connectivity index (χ2n) is 8.98. The number of pyridine rings is 1. The Kier molecular flexibility index (Phi) is 6.36. The number of fused-ring (bicyclic) bond motifs is 1. The van der Waals surface area contributed by atoms with Gasteiger partial charge < -0.3 is 20.3 Å². The molecule has 11 heteroatoms. The summed E-state index contributed by atoms with van der Waals surface area (Å²) in [5.41, 5.74) is 1.57. The van der Waals surface area contributed by atoms with E-state index in [0.717, 1.165) is 42.0 Å². The molecule has 3 aromatic heterocycles. The first kappa shape index (κ1) is 23.5. The lowest BCUT2D eigenvalue weighted by Crippen LogP contribution is -2.18. The molecule has 0 unspecified atom stereocenters. The summed E-state index contributed by atoms with van der Waals surface area (Å²) < 4.78 is 6.43. The van der Waals surface area contributed by atoms with E-state index in [-0.39, 0.29) is 23.9 Å². The Labute approximate surface area is 206 Å². The average molecular weight is 490 g/mol. The Bertz CT molecular complexity index is 1440. The van der Waals surface area contributed by atoms with Gasteiger partial charge in [-0.25, -0.2) is 9.78 Å². The molecule has 186 valence electrons. The Morgan fingerprint density at radius 2 is 2.00 bits per heavy atom. The minimum atomic E-state index is -1.04. The van der Waals surface area contributed by atoms with Crippen molar-refractivity contribution in [1.29, 1.82) is 0 Å². The molecule has 3 heterocycles. The number of carboxylic acids is 1. The van der Waals surface area contributed by atoms with Crippen molar-refractivity contribution in [3.05, 3.63) is 47.6 Å². The number of carbonyl (C=O) groups is 2. The number of benzene rings is 1. The zero-order chi connectivity index (χ0) is 25.2. The van der Waals surface area contributed by atoms with Crippen LogP contribution in [0.5, 0.6) is 0 Å². The van der Waals surface area contributed by atoms with E-state index in [1.807, 2.05) is 24.3 Å². The molecule has 0 spiro atoms. The summed E-state index contributed by atoms with van der Waals surface area (Å²) in [6, 6.07) is 7.72. The van der Waals surface area contributed by atoms with E-state index in [4.69, 9.17) is 4.52 Å². The lowest BCUT2D eigenvalue weighted by atomic mass is 9.97. The van der Waals surface area contributed by atoms with Crippen LogP contribution >= 0.6 is 0 Å². The highest BCUT2D eigenvalue weighted by Gasteiger charge is 2.30. The van der Waals surface area contributed by atoms with E-state index in [0.29, 0.717) is 35.5 Å². The summed E-state index contributed by atoms with van der Waals surface area (Å²) >= 11 is 0. The Balaban J connectivity index is 1.29. The molecule has 0 atom stereocenters. The smallest absolute Gasteiger partial charge is 0.354 e. The first-order valence-corrected chi connectivity index (χ1v) is 11.9. The van der Waals surface area contributed by atoms with E-state index in [2.05, 4.69) is 30.9 Å². The molecule has 11 nitrogen and oxygen atoms in total. The Morgan fingerprint density at radius 1 is 1.19 bits per heavy atom. The molecular formula is C25H27N7O4. The largest absolute Gasteiger partial charge is 0.477 e. The molecule has 0 bridgehead atoms. The van der Waals surface area contributed by atoms with Gasteiger partial charge in [-0.2, -0.15) is 10.1 Å². The number of nitrogens with zero attached hydrogens (tertiary/aromatic N) is 5. The van der Waals surface area contributed by atoms with Crippen molar-refractivity contribution < 1.29 is 19.2 Å².